The number of nitrogens with one attached hydrogen (secondary N) is 1. The molecule has 0 saturated heterocycles. The van der Waals surface area contributed by atoms with Crippen molar-refractivity contribution >= 4 is 11.9 Å². The van der Waals surface area contributed by atoms with Gasteiger partial charge in [0.15, 0.2) is 5.78 Å². The Morgan fingerprint density at radius 3 is 2.67 bits per heavy atom. The van der Waals surface area contributed by atoms with Gasteiger partial charge in [0, 0.05) is 19.2 Å². The van der Waals surface area contributed by atoms with Crippen molar-refractivity contribution in [3.8, 4) is 0 Å². The van der Waals surface area contributed by atoms with E-state index in [4.69, 9.17) is 5.11 Å². The van der Waals surface area contributed by atoms with E-state index in [0.717, 1.165) is 5.69 Å². The summed E-state index contributed by atoms with van der Waals surface area (Å²) in [6, 6.07) is 0. The van der Waals surface area contributed by atoms with Crippen LogP contribution in [0.2, 0.25) is 0 Å². The summed E-state index contributed by atoms with van der Waals surface area (Å²) in [7, 11) is 0. The van der Waals surface area contributed by atoms with Gasteiger partial charge >= 0.3 is 6.09 Å². The molecule has 1 amide bonds. The second-order valence-electron chi connectivity index (χ2n) is 2.95. The number of carbonyl (C=O) groups excluding carboxylic acids is 1. The summed E-state index contributed by atoms with van der Waals surface area (Å²) >= 11 is 0. The first-order valence-electron chi connectivity index (χ1n) is 4.38. The Kier molecular flexibility index (Phi) is 3.73. The molecule has 2 N–H and O–H groups in total. The molecule has 0 aromatic carbocycles. The zero-order valence-corrected chi connectivity index (χ0v) is 8.23. The van der Waals surface area contributed by atoms with Crippen molar-refractivity contribution in [2.24, 2.45) is 0 Å². The summed E-state index contributed by atoms with van der Waals surface area (Å²) in [6.45, 7) is 1.86. The topological polar surface area (TPSA) is 92.2 Å². The van der Waals surface area contributed by atoms with Crippen molar-refractivity contribution < 1.29 is 14.7 Å². The van der Waals surface area contributed by atoms with Crippen molar-refractivity contribution in [1.29, 1.82) is 0 Å². The Morgan fingerprint density at radius 1 is 1.40 bits per heavy atom. The molecular formula is C9H11N3O3. The average Bonchev–Trinajstić information content (AvgIpc) is 2.18. The van der Waals surface area contributed by atoms with Crippen molar-refractivity contribution in [3.05, 3.63) is 23.8 Å². The second-order valence-corrected chi connectivity index (χ2v) is 2.95. The van der Waals surface area contributed by atoms with Crippen molar-refractivity contribution in [1.82, 2.24) is 15.3 Å². The van der Waals surface area contributed by atoms with Gasteiger partial charge in [0.1, 0.15) is 5.69 Å². The Hall–Kier alpha value is -1.98. The summed E-state index contributed by atoms with van der Waals surface area (Å²) < 4.78 is 0. The van der Waals surface area contributed by atoms with Gasteiger partial charge in [-0.3, -0.25) is 9.78 Å². The van der Waals surface area contributed by atoms with Gasteiger partial charge in [0.2, 0.25) is 0 Å². The third kappa shape index (κ3) is 3.72. The fraction of sp³-hybridized carbons (Fsp3) is 0.333. The summed E-state index contributed by atoms with van der Waals surface area (Å²) in [5, 5.41) is 10.4. The molecule has 0 atom stereocenters. The largest absolute Gasteiger partial charge is 0.465 e. The molecule has 1 rings (SSSR count). The van der Waals surface area contributed by atoms with E-state index in [9.17, 15) is 9.59 Å². The molecule has 0 saturated carbocycles. The van der Waals surface area contributed by atoms with Crippen LogP contribution in [0.25, 0.3) is 0 Å². The minimum absolute atomic E-state index is 0.0870. The number of rotatable bonds is 4. The fourth-order valence-electron chi connectivity index (χ4n) is 0.948. The van der Waals surface area contributed by atoms with Crippen LogP contribution in [0.1, 0.15) is 22.6 Å². The zero-order chi connectivity index (χ0) is 11.3. The molecule has 6 nitrogen and oxygen atoms in total. The summed E-state index contributed by atoms with van der Waals surface area (Å²) in [5.74, 6) is -0.226. The van der Waals surface area contributed by atoms with Gasteiger partial charge in [0.05, 0.1) is 11.9 Å². The number of ketones is 1. The molecule has 0 aliphatic carbocycles. The van der Waals surface area contributed by atoms with Gasteiger partial charge in [0.25, 0.3) is 0 Å². The average molecular weight is 209 g/mol. The molecule has 1 aromatic heterocycles. The standard InChI is InChI=1S/C9H11N3O3/c1-6-4-12-7(5-11-6)8(13)2-3-10-9(14)15/h4-5,10H,2-3H2,1H3,(H,14,15). The van der Waals surface area contributed by atoms with Gasteiger partial charge in [-0.05, 0) is 6.92 Å². The van der Waals surface area contributed by atoms with Gasteiger partial charge in [-0.1, -0.05) is 0 Å². The lowest BCUT2D eigenvalue weighted by molar-refractivity contribution is 0.0977. The molecule has 0 radical (unpaired) electrons. The molecule has 0 aliphatic rings. The number of nitrogens with zero attached hydrogens (tertiary/aromatic N) is 2. The maximum Gasteiger partial charge on any atom is 0.404 e. The third-order valence-corrected chi connectivity index (χ3v) is 1.69. The minimum Gasteiger partial charge on any atom is -0.465 e. The Morgan fingerprint density at radius 2 is 2.13 bits per heavy atom. The molecular weight excluding hydrogens is 198 g/mol. The maximum absolute atomic E-state index is 11.4. The summed E-state index contributed by atoms with van der Waals surface area (Å²) in [5.41, 5.74) is 0.989. The lowest BCUT2D eigenvalue weighted by Gasteiger charge is -2.00. The molecule has 6 heteroatoms. The Bertz CT molecular complexity index is 361. The highest BCUT2D eigenvalue weighted by Crippen LogP contribution is 1.98. The van der Waals surface area contributed by atoms with E-state index in [1.54, 1.807) is 6.92 Å². The van der Waals surface area contributed by atoms with Crippen molar-refractivity contribution in [3.63, 3.8) is 0 Å². The smallest absolute Gasteiger partial charge is 0.404 e. The molecule has 15 heavy (non-hydrogen) atoms. The lowest BCUT2D eigenvalue weighted by Crippen LogP contribution is -2.24. The first-order valence-corrected chi connectivity index (χ1v) is 4.38. The van der Waals surface area contributed by atoms with E-state index in [2.05, 4.69) is 15.3 Å². The van der Waals surface area contributed by atoms with E-state index in [1.165, 1.54) is 12.4 Å². The number of amides is 1. The second kappa shape index (κ2) is 5.04. The lowest BCUT2D eigenvalue weighted by atomic mass is 10.2. The molecule has 0 fully saturated rings. The van der Waals surface area contributed by atoms with Crippen LogP contribution in [0.15, 0.2) is 12.4 Å². The van der Waals surface area contributed by atoms with Crippen LogP contribution in [-0.4, -0.2) is 33.5 Å². The van der Waals surface area contributed by atoms with E-state index in [1.807, 2.05) is 0 Å². The van der Waals surface area contributed by atoms with Crippen LogP contribution >= 0.6 is 0 Å². The number of aryl methyl sites for hydroxylation is 1. The first-order chi connectivity index (χ1) is 7.09. The number of aromatic nitrogens is 2. The Labute approximate surface area is 86.4 Å². The van der Waals surface area contributed by atoms with Crippen molar-refractivity contribution in [2.75, 3.05) is 6.54 Å². The highest BCUT2D eigenvalue weighted by atomic mass is 16.4. The van der Waals surface area contributed by atoms with Gasteiger partial charge in [-0.25, -0.2) is 9.78 Å². The third-order valence-electron chi connectivity index (χ3n) is 1.69. The molecule has 0 bridgehead atoms. The minimum atomic E-state index is -1.14. The van der Waals surface area contributed by atoms with Crippen LogP contribution < -0.4 is 5.32 Å². The predicted molar refractivity (Wildman–Crippen MR) is 51.7 cm³/mol. The van der Waals surface area contributed by atoms with Crippen LogP contribution in [-0.2, 0) is 0 Å². The molecule has 0 aliphatic heterocycles. The van der Waals surface area contributed by atoms with Crippen LogP contribution in [0, 0.1) is 6.92 Å². The highest BCUT2D eigenvalue weighted by molar-refractivity contribution is 5.94. The van der Waals surface area contributed by atoms with E-state index in [-0.39, 0.29) is 24.4 Å². The zero-order valence-electron chi connectivity index (χ0n) is 8.23. The quantitative estimate of drug-likeness (QED) is 0.709. The number of Topliss-reactive ketones (excluding diaryl/α,β-unsaturated/α-hetero) is 1. The van der Waals surface area contributed by atoms with Gasteiger partial charge in [-0.2, -0.15) is 0 Å². The molecule has 0 unspecified atom stereocenters. The van der Waals surface area contributed by atoms with Crippen LogP contribution in [0.5, 0.6) is 0 Å². The van der Waals surface area contributed by atoms with E-state index < -0.39 is 6.09 Å². The van der Waals surface area contributed by atoms with Crippen molar-refractivity contribution in [2.45, 2.75) is 13.3 Å². The number of hydrogen-bond donors (Lipinski definition) is 2. The summed E-state index contributed by atoms with van der Waals surface area (Å²) in [6.07, 6.45) is 1.83. The molecule has 0 spiro atoms. The molecule has 1 heterocycles. The normalized spacial score (nSPS) is 9.67. The van der Waals surface area contributed by atoms with E-state index in [0.29, 0.717) is 0 Å². The fourth-order valence-corrected chi connectivity index (χ4v) is 0.948. The molecule has 80 valence electrons. The number of carbonyl (C=O) groups is 2. The first kappa shape index (κ1) is 11.1. The highest BCUT2D eigenvalue weighted by Gasteiger charge is 2.07. The SMILES string of the molecule is Cc1cnc(C(=O)CCNC(=O)O)cn1. The monoisotopic (exact) mass is 209 g/mol. The van der Waals surface area contributed by atoms with E-state index >= 15 is 0 Å². The number of hydrogen-bond acceptors (Lipinski definition) is 4. The van der Waals surface area contributed by atoms with Gasteiger partial charge < -0.3 is 10.4 Å². The predicted octanol–water partition coefficient (Wildman–Crippen LogP) is 0.625. The summed E-state index contributed by atoms with van der Waals surface area (Å²) in [4.78, 5) is 29.3. The number of carboxylic acid groups (broad SMARTS) is 1. The molecule has 1 aromatic rings. The van der Waals surface area contributed by atoms with Crippen LogP contribution in [0.3, 0.4) is 0 Å². The maximum atomic E-state index is 11.4. The Balaban J connectivity index is 2.47. The van der Waals surface area contributed by atoms with Crippen LogP contribution in [0.4, 0.5) is 4.79 Å². The van der Waals surface area contributed by atoms with Gasteiger partial charge in [-0.15, -0.1) is 0 Å².